The first-order chi connectivity index (χ1) is 9.72. The number of aromatic nitrogens is 2. The van der Waals surface area contributed by atoms with Crippen molar-refractivity contribution in [2.24, 2.45) is 0 Å². The standard InChI is InChI=1S/C15H17BrN2O2/c1-11-17-14(9-15(18-11)20-8-7-19-2)13-5-3-12(10-16)4-6-13/h3-6,9H,7-8,10H2,1-2H3. The topological polar surface area (TPSA) is 44.2 Å². The molecule has 0 aliphatic heterocycles. The predicted molar refractivity (Wildman–Crippen MR) is 82.2 cm³/mol. The van der Waals surface area contributed by atoms with E-state index >= 15 is 0 Å². The summed E-state index contributed by atoms with van der Waals surface area (Å²) in [5.41, 5.74) is 3.15. The molecule has 0 saturated carbocycles. The average molecular weight is 337 g/mol. The molecule has 1 heterocycles. The lowest BCUT2D eigenvalue weighted by Crippen LogP contribution is -2.06. The molecule has 0 spiro atoms. The Morgan fingerprint density at radius 2 is 1.85 bits per heavy atom. The highest BCUT2D eigenvalue weighted by molar-refractivity contribution is 9.08. The van der Waals surface area contributed by atoms with Gasteiger partial charge in [0.25, 0.3) is 0 Å². The number of hydrogen-bond donors (Lipinski definition) is 0. The van der Waals surface area contributed by atoms with Gasteiger partial charge >= 0.3 is 0 Å². The molecule has 5 heteroatoms. The van der Waals surface area contributed by atoms with Gasteiger partial charge < -0.3 is 9.47 Å². The summed E-state index contributed by atoms with van der Waals surface area (Å²) in [7, 11) is 1.64. The first kappa shape index (κ1) is 14.9. The van der Waals surface area contributed by atoms with Crippen molar-refractivity contribution in [3.8, 4) is 17.1 Å². The number of benzene rings is 1. The van der Waals surface area contributed by atoms with Crippen molar-refractivity contribution in [2.45, 2.75) is 12.3 Å². The number of rotatable bonds is 6. The van der Waals surface area contributed by atoms with Crippen molar-refractivity contribution >= 4 is 15.9 Å². The molecule has 0 N–H and O–H groups in total. The molecule has 0 aliphatic carbocycles. The molecule has 106 valence electrons. The van der Waals surface area contributed by atoms with Crippen LogP contribution in [0.4, 0.5) is 0 Å². The molecule has 0 fully saturated rings. The van der Waals surface area contributed by atoms with Gasteiger partial charge in [-0.3, -0.25) is 0 Å². The SMILES string of the molecule is COCCOc1cc(-c2ccc(CBr)cc2)nc(C)n1. The zero-order chi connectivity index (χ0) is 14.4. The Labute approximate surface area is 127 Å². The Kier molecular flexibility index (Phi) is 5.49. The fourth-order valence-electron chi connectivity index (χ4n) is 1.76. The lowest BCUT2D eigenvalue weighted by Gasteiger charge is -2.08. The maximum absolute atomic E-state index is 5.55. The van der Waals surface area contributed by atoms with E-state index < -0.39 is 0 Å². The molecule has 20 heavy (non-hydrogen) atoms. The molecule has 2 rings (SSSR count). The molecule has 0 bridgehead atoms. The highest BCUT2D eigenvalue weighted by Gasteiger charge is 2.05. The van der Waals surface area contributed by atoms with E-state index in [0.29, 0.717) is 24.9 Å². The van der Waals surface area contributed by atoms with Crippen LogP contribution in [0.15, 0.2) is 30.3 Å². The highest BCUT2D eigenvalue weighted by atomic mass is 79.9. The van der Waals surface area contributed by atoms with Crippen LogP contribution in [0.1, 0.15) is 11.4 Å². The Bertz CT molecular complexity index is 558. The largest absolute Gasteiger partial charge is 0.475 e. The third-order valence-corrected chi connectivity index (χ3v) is 3.40. The van der Waals surface area contributed by atoms with Crippen LogP contribution >= 0.6 is 15.9 Å². The van der Waals surface area contributed by atoms with E-state index in [1.54, 1.807) is 7.11 Å². The molecule has 0 amide bonds. The second-order valence-electron chi connectivity index (χ2n) is 4.31. The van der Waals surface area contributed by atoms with Crippen LogP contribution in [0.5, 0.6) is 5.88 Å². The second-order valence-corrected chi connectivity index (χ2v) is 4.87. The van der Waals surface area contributed by atoms with Gasteiger partial charge in [-0.15, -0.1) is 0 Å². The number of nitrogens with zero attached hydrogens (tertiary/aromatic N) is 2. The summed E-state index contributed by atoms with van der Waals surface area (Å²) in [5, 5.41) is 0.849. The van der Waals surface area contributed by atoms with Gasteiger partial charge in [-0.1, -0.05) is 40.2 Å². The van der Waals surface area contributed by atoms with Gasteiger partial charge in [0.2, 0.25) is 5.88 Å². The van der Waals surface area contributed by atoms with Crippen molar-refractivity contribution in [3.05, 3.63) is 41.7 Å². The van der Waals surface area contributed by atoms with Crippen LogP contribution in [0.3, 0.4) is 0 Å². The quantitative estimate of drug-likeness (QED) is 0.599. The lowest BCUT2D eigenvalue weighted by molar-refractivity contribution is 0.143. The van der Waals surface area contributed by atoms with Crippen LogP contribution in [0, 0.1) is 6.92 Å². The lowest BCUT2D eigenvalue weighted by atomic mass is 10.1. The van der Waals surface area contributed by atoms with Gasteiger partial charge in [0.05, 0.1) is 12.3 Å². The predicted octanol–water partition coefficient (Wildman–Crippen LogP) is 3.37. The first-order valence-corrected chi connectivity index (χ1v) is 7.48. The Morgan fingerprint density at radius 3 is 2.50 bits per heavy atom. The summed E-state index contributed by atoms with van der Waals surface area (Å²) >= 11 is 3.44. The monoisotopic (exact) mass is 336 g/mol. The normalized spacial score (nSPS) is 10.6. The molecule has 0 unspecified atom stereocenters. The van der Waals surface area contributed by atoms with E-state index in [0.717, 1.165) is 16.6 Å². The van der Waals surface area contributed by atoms with Gasteiger partial charge in [0.1, 0.15) is 12.4 Å². The third kappa shape index (κ3) is 4.02. The van der Waals surface area contributed by atoms with Crippen molar-refractivity contribution in [1.82, 2.24) is 9.97 Å². The summed E-state index contributed by atoms with van der Waals surface area (Å²) in [6.07, 6.45) is 0. The minimum Gasteiger partial charge on any atom is -0.475 e. The zero-order valence-corrected chi connectivity index (χ0v) is 13.2. The molecule has 0 saturated heterocycles. The van der Waals surface area contributed by atoms with Crippen molar-refractivity contribution in [1.29, 1.82) is 0 Å². The maximum atomic E-state index is 5.55. The number of halogens is 1. The van der Waals surface area contributed by atoms with Gasteiger partial charge in [-0.2, -0.15) is 4.98 Å². The number of ether oxygens (including phenoxy) is 2. The Hall–Kier alpha value is -1.46. The molecular weight excluding hydrogens is 320 g/mol. The van der Waals surface area contributed by atoms with Crippen molar-refractivity contribution in [2.75, 3.05) is 20.3 Å². The summed E-state index contributed by atoms with van der Waals surface area (Å²) in [6, 6.07) is 10.1. The van der Waals surface area contributed by atoms with E-state index in [1.165, 1.54) is 5.56 Å². The minimum atomic E-state index is 0.481. The van der Waals surface area contributed by atoms with Crippen LogP contribution in [0.25, 0.3) is 11.3 Å². The minimum absolute atomic E-state index is 0.481. The van der Waals surface area contributed by atoms with Crippen molar-refractivity contribution in [3.63, 3.8) is 0 Å². The molecule has 0 aliphatic rings. The molecular formula is C15H17BrN2O2. The van der Waals surface area contributed by atoms with Gasteiger partial charge in [-0.25, -0.2) is 4.98 Å². The molecule has 0 radical (unpaired) electrons. The summed E-state index contributed by atoms with van der Waals surface area (Å²) < 4.78 is 10.5. The number of aryl methyl sites for hydroxylation is 1. The molecule has 2 aromatic rings. The smallest absolute Gasteiger partial charge is 0.217 e. The van der Waals surface area contributed by atoms with Crippen LogP contribution in [-0.4, -0.2) is 30.3 Å². The van der Waals surface area contributed by atoms with Gasteiger partial charge in [0, 0.05) is 24.1 Å². The fraction of sp³-hybridized carbons (Fsp3) is 0.333. The average Bonchev–Trinajstić information content (AvgIpc) is 2.47. The Balaban J connectivity index is 2.21. The third-order valence-electron chi connectivity index (χ3n) is 2.76. The van der Waals surface area contributed by atoms with Crippen molar-refractivity contribution < 1.29 is 9.47 Å². The van der Waals surface area contributed by atoms with E-state index in [2.05, 4.69) is 50.2 Å². The maximum Gasteiger partial charge on any atom is 0.217 e. The van der Waals surface area contributed by atoms with Crippen LogP contribution in [-0.2, 0) is 10.1 Å². The van der Waals surface area contributed by atoms with E-state index in [1.807, 2.05) is 13.0 Å². The fourth-order valence-corrected chi connectivity index (χ4v) is 2.13. The molecule has 0 atom stereocenters. The molecule has 1 aromatic carbocycles. The van der Waals surface area contributed by atoms with Gasteiger partial charge in [0.15, 0.2) is 0 Å². The first-order valence-electron chi connectivity index (χ1n) is 6.35. The van der Waals surface area contributed by atoms with Gasteiger partial charge in [-0.05, 0) is 12.5 Å². The number of alkyl halides is 1. The number of methoxy groups -OCH3 is 1. The second kappa shape index (κ2) is 7.36. The highest BCUT2D eigenvalue weighted by Crippen LogP contribution is 2.22. The summed E-state index contributed by atoms with van der Waals surface area (Å²) in [4.78, 5) is 8.72. The molecule has 4 nitrogen and oxygen atoms in total. The van der Waals surface area contributed by atoms with E-state index in [-0.39, 0.29) is 0 Å². The summed E-state index contributed by atoms with van der Waals surface area (Å²) in [5.74, 6) is 1.27. The van der Waals surface area contributed by atoms with E-state index in [4.69, 9.17) is 9.47 Å². The van der Waals surface area contributed by atoms with Crippen LogP contribution in [0.2, 0.25) is 0 Å². The summed E-state index contributed by atoms with van der Waals surface area (Å²) in [6.45, 7) is 2.88. The Morgan fingerprint density at radius 1 is 1.10 bits per heavy atom. The number of hydrogen-bond acceptors (Lipinski definition) is 4. The molecule has 1 aromatic heterocycles. The van der Waals surface area contributed by atoms with E-state index in [9.17, 15) is 0 Å². The van der Waals surface area contributed by atoms with Crippen LogP contribution < -0.4 is 4.74 Å². The zero-order valence-electron chi connectivity index (χ0n) is 11.6.